The molecule has 2 aromatic rings. The summed E-state index contributed by atoms with van der Waals surface area (Å²) in [6, 6.07) is 5.33. The number of piperazine rings is 1. The second kappa shape index (κ2) is 8.76. The molecule has 1 N–H and O–H groups in total. The summed E-state index contributed by atoms with van der Waals surface area (Å²) in [5.41, 5.74) is 0. The molecule has 1 fully saturated rings. The molecule has 0 aliphatic carbocycles. The van der Waals surface area contributed by atoms with Crippen molar-refractivity contribution in [3.8, 4) is 17.4 Å². The Balaban J connectivity index is 1.51. The van der Waals surface area contributed by atoms with Crippen molar-refractivity contribution in [1.29, 1.82) is 0 Å². The molecule has 0 unspecified atom stereocenters. The lowest BCUT2D eigenvalue weighted by atomic mass is 10.3. The van der Waals surface area contributed by atoms with Crippen molar-refractivity contribution in [3.63, 3.8) is 0 Å². The summed E-state index contributed by atoms with van der Waals surface area (Å²) < 4.78 is 51.7. The Morgan fingerprint density at radius 1 is 1.00 bits per heavy atom. The van der Waals surface area contributed by atoms with Gasteiger partial charge in [-0.1, -0.05) is 6.07 Å². The van der Waals surface area contributed by atoms with Gasteiger partial charge in [-0.2, -0.15) is 0 Å². The number of ether oxygens (including phenoxy) is 3. The first kappa shape index (κ1) is 19.0. The first-order valence-corrected chi connectivity index (χ1v) is 8.39. The van der Waals surface area contributed by atoms with Crippen LogP contribution < -0.4 is 24.4 Å². The van der Waals surface area contributed by atoms with Crippen LogP contribution in [0.2, 0.25) is 0 Å². The number of hydrogen-bond acceptors (Lipinski definition) is 7. The molecule has 146 valence electrons. The zero-order chi connectivity index (χ0) is 19.1. The van der Waals surface area contributed by atoms with Crippen LogP contribution in [0.1, 0.15) is 0 Å². The highest BCUT2D eigenvalue weighted by Gasteiger charge is 2.31. The number of alkyl halides is 3. The van der Waals surface area contributed by atoms with Crippen molar-refractivity contribution in [2.24, 2.45) is 0 Å². The summed E-state index contributed by atoms with van der Waals surface area (Å²) in [5, 5.41) is 3.26. The van der Waals surface area contributed by atoms with E-state index in [0.717, 1.165) is 26.2 Å². The number of nitrogens with zero attached hydrogens (tertiary/aromatic N) is 3. The molecule has 27 heavy (non-hydrogen) atoms. The Morgan fingerprint density at radius 3 is 2.48 bits per heavy atom. The fourth-order valence-corrected chi connectivity index (χ4v) is 2.57. The van der Waals surface area contributed by atoms with Gasteiger partial charge in [0.1, 0.15) is 24.7 Å². The van der Waals surface area contributed by atoms with Crippen LogP contribution in [-0.2, 0) is 0 Å². The quantitative estimate of drug-likeness (QED) is 0.735. The molecule has 1 aliphatic heterocycles. The smallest absolute Gasteiger partial charge is 0.490 e. The maximum Gasteiger partial charge on any atom is 0.573 e. The molecule has 7 nitrogen and oxygen atoms in total. The number of hydrogen-bond donors (Lipinski definition) is 1. The van der Waals surface area contributed by atoms with E-state index in [4.69, 9.17) is 9.47 Å². The van der Waals surface area contributed by atoms with Gasteiger partial charge in [-0.15, -0.1) is 13.2 Å². The summed E-state index contributed by atoms with van der Waals surface area (Å²) >= 11 is 0. The summed E-state index contributed by atoms with van der Waals surface area (Å²) in [6.07, 6.45) is -1.60. The number of rotatable bonds is 7. The minimum atomic E-state index is -4.74. The summed E-state index contributed by atoms with van der Waals surface area (Å²) in [5.74, 6) is 0.981. The molecule has 0 atom stereocenters. The molecule has 10 heteroatoms. The van der Waals surface area contributed by atoms with Gasteiger partial charge in [0.15, 0.2) is 5.82 Å². The monoisotopic (exact) mass is 384 g/mol. The Labute approximate surface area is 154 Å². The summed E-state index contributed by atoms with van der Waals surface area (Å²) in [4.78, 5) is 10.6. The molecule has 0 spiro atoms. The zero-order valence-corrected chi connectivity index (χ0v) is 14.4. The van der Waals surface area contributed by atoms with E-state index in [2.05, 4.69) is 24.9 Å². The molecule has 1 saturated heterocycles. The highest BCUT2D eigenvalue weighted by molar-refractivity contribution is 5.48. The van der Waals surface area contributed by atoms with E-state index in [1.54, 1.807) is 12.4 Å². The van der Waals surface area contributed by atoms with Crippen molar-refractivity contribution in [2.75, 3.05) is 44.3 Å². The summed E-state index contributed by atoms with van der Waals surface area (Å²) in [7, 11) is 0. The predicted molar refractivity (Wildman–Crippen MR) is 91.2 cm³/mol. The largest absolute Gasteiger partial charge is 0.573 e. The lowest BCUT2D eigenvalue weighted by Gasteiger charge is -2.28. The third-order valence-electron chi connectivity index (χ3n) is 3.69. The van der Waals surface area contributed by atoms with Gasteiger partial charge in [0.2, 0.25) is 0 Å². The highest BCUT2D eigenvalue weighted by Crippen LogP contribution is 2.26. The minimum Gasteiger partial charge on any atom is -0.490 e. The molecule has 3 rings (SSSR count). The fraction of sp³-hybridized carbons (Fsp3) is 0.412. The Morgan fingerprint density at radius 2 is 1.70 bits per heavy atom. The van der Waals surface area contributed by atoms with Crippen LogP contribution in [0.3, 0.4) is 0 Å². The van der Waals surface area contributed by atoms with Crippen molar-refractivity contribution in [1.82, 2.24) is 15.3 Å². The van der Waals surface area contributed by atoms with Crippen LogP contribution in [-0.4, -0.2) is 55.7 Å². The lowest BCUT2D eigenvalue weighted by Crippen LogP contribution is -2.44. The average molecular weight is 384 g/mol. The lowest BCUT2D eigenvalue weighted by molar-refractivity contribution is -0.274. The van der Waals surface area contributed by atoms with Gasteiger partial charge in [-0.25, -0.2) is 9.97 Å². The summed E-state index contributed by atoms with van der Waals surface area (Å²) in [6.45, 7) is 3.62. The maximum atomic E-state index is 12.3. The number of nitrogens with one attached hydrogen (secondary N) is 1. The van der Waals surface area contributed by atoms with Crippen LogP contribution >= 0.6 is 0 Å². The van der Waals surface area contributed by atoms with E-state index >= 15 is 0 Å². The van der Waals surface area contributed by atoms with Crippen LogP contribution in [0.15, 0.2) is 36.7 Å². The Bertz CT molecular complexity index is 739. The Kier molecular flexibility index (Phi) is 6.17. The van der Waals surface area contributed by atoms with Crippen molar-refractivity contribution < 1.29 is 27.4 Å². The van der Waals surface area contributed by atoms with Crippen molar-refractivity contribution in [2.45, 2.75) is 6.36 Å². The van der Waals surface area contributed by atoms with Crippen molar-refractivity contribution >= 4 is 5.82 Å². The Hall–Kier alpha value is -2.75. The number of aromatic nitrogens is 2. The molecule has 1 aliphatic rings. The van der Waals surface area contributed by atoms with Crippen molar-refractivity contribution in [3.05, 3.63) is 36.7 Å². The van der Waals surface area contributed by atoms with Gasteiger partial charge >= 0.3 is 6.36 Å². The first-order chi connectivity index (χ1) is 13.0. The molecule has 1 aromatic carbocycles. The number of anilines is 1. The van der Waals surface area contributed by atoms with E-state index in [0.29, 0.717) is 11.7 Å². The molecular formula is C17H19F3N4O3. The van der Waals surface area contributed by atoms with Crippen LogP contribution in [0.4, 0.5) is 19.0 Å². The molecule has 2 heterocycles. The zero-order valence-electron chi connectivity index (χ0n) is 14.4. The first-order valence-electron chi connectivity index (χ1n) is 8.39. The average Bonchev–Trinajstić information content (AvgIpc) is 2.65. The van der Waals surface area contributed by atoms with Gasteiger partial charge in [-0.3, -0.25) is 0 Å². The van der Waals surface area contributed by atoms with E-state index in [1.807, 2.05) is 0 Å². The molecule has 0 amide bonds. The normalized spacial score (nSPS) is 14.7. The predicted octanol–water partition coefficient (Wildman–Crippen LogP) is 2.24. The molecular weight excluding hydrogens is 365 g/mol. The van der Waals surface area contributed by atoms with Gasteiger partial charge in [0, 0.05) is 44.6 Å². The van der Waals surface area contributed by atoms with Gasteiger partial charge in [0.05, 0.1) is 0 Å². The third kappa shape index (κ3) is 5.88. The van der Waals surface area contributed by atoms with Gasteiger partial charge < -0.3 is 24.4 Å². The molecule has 0 bridgehead atoms. The molecule has 1 aromatic heterocycles. The van der Waals surface area contributed by atoms with E-state index < -0.39 is 6.36 Å². The SMILES string of the molecule is FC(F)(F)Oc1cccc(OCCOc2nccnc2N2CCNCC2)c1. The van der Waals surface area contributed by atoms with E-state index in [9.17, 15) is 13.2 Å². The molecule has 0 saturated carbocycles. The number of benzene rings is 1. The second-order valence-electron chi connectivity index (χ2n) is 5.64. The van der Waals surface area contributed by atoms with Crippen LogP contribution in [0.5, 0.6) is 17.4 Å². The van der Waals surface area contributed by atoms with E-state index in [1.165, 1.54) is 24.3 Å². The molecule has 0 radical (unpaired) electrons. The van der Waals surface area contributed by atoms with Gasteiger partial charge in [-0.05, 0) is 12.1 Å². The topological polar surface area (TPSA) is 68.7 Å². The fourth-order valence-electron chi connectivity index (χ4n) is 2.57. The highest BCUT2D eigenvalue weighted by atomic mass is 19.4. The third-order valence-corrected chi connectivity index (χ3v) is 3.69. The maximum absolute atomic E-state index is 12.3. The standard InChI is InChI=1S/C17H19F3N4O3/c18-17(19,20)27-14-3-1-2-13(12-14)25-10-11-26-16-15(22-4-5-23-16)24-8-6-21-7-9-24/h1-5,12,21H,6-11H2. The second-order valence-corrected chi connectivity index (χ2v) is 5.64. The van der Waals surface area contributed by atoms with Gasteiger partial charge in [0.25, 0.3) is 5.88 Å². The van der Waals surface area contributed by atoms with E-state index in [-0.39, 0.29) is 24.7 Å². The van der Waals surface area contributed by atoms with Crippen LogP contribution in [0, 0.1) is 0 Å². The van der Waals surface area contributed by atoms with Crippen LogP contribution in [0.25, 0.3) is 0 Å². The number of halogens is 3. The minimum absolute atomic E-state index is 0.132.